The van der Waals surface area contributed by atoms with Crippen molar-refractivity contribution in [1.82, 2.24) is 10.2 Å². The number of ether oxygens (including phenoxy) is 1. The molecule has 0 bridgehead atoms. The highest BCUT2D eigenvalue weighted by Gasteiger charge is 2.33. The van der Waals surface area contributed by atoms with Crippen molar-refractivity contribution in [3.8, 4) is 5.75 Å². The topological polar surface area (TPSA) is 96.0 Å². The molecule has 0 saturated heterocycles. The summed E-state index contributed by atoms with van der Waals surface area (Å²) in [5.41, 5.74) is 0.744. The zero-order chi connectivity index (χ0) is 28.7. The smallest absolute Gasteiger partial charge is 0.244 e. The molecule has 0 radical (unpaired) electrons. The van der Waals surface area contributed by atoms with Gasteiger partial charge in [0.2, 0.25) is 21.8 Å². The van der Waals surface area contributed by atoms with E-state index < -0.39 is 28.5 Å². The molecule has 0 aromatic heterocycles. The van der Waals surface area contributed by atoms with Gasteiger partial charge in [0.15, 0.2) is 0 Å². The number of anilines is 1. The van der Waals surface area contributed by atoms with Gasteiger partial charge >= 0.3 is 0 Å². The number of nitrogens with zero attached hydrogens (tertiary/aromatic N) is 2. The molecule has 3 rings (SSSR count). The molecule has 0 heterocycles. The molecular weight excluding hydrogens is 585 g/mol. The summed E-state index contributed by atoms with van der Waals surface area (Å²) in [4.78, 5) is 28.8. The van der Waals surface area contributed by atoms with Crippen LogP contribution in [-0.2, 0) is 26.2 Å². The first-order valence-electron chi connectivity index (χ1n) is 12.8. The molecule has 1 aliphatic rings. The van der Waals surface area contributed by atoms with Gasteiger partial charge in [-0.1, -0.05) is 73.1 Å². The molecule has 0 spiro atoms. The van der Waals surface area contributed by atoms with E-state index in [4.69, 9.17) is 39.5 Å². The minimum atomic E-state index is -3.98. The van der Waals surface area contributed by atoms with Gasteiger partial charge in [-0.15, -0.1) is 0 Å². The van der Waals surface area contributed by atoms with E-state index in [1.807, 2.05) is 13.0 Å². The van der Waals surface area contributed by atoms with Crippen molar-refractivity contribution >= 4 is 62.3 Å². The molecule has 39 heavy (non-hydrogen) atoms. The number of nitrogens with one attached hydrogen (secondary N) is 1. The quantitative estimate of drug-likeness (QED) is 0.327. The maximum atomic E-state index is 13.9. The first kappa shape index (κ1) is 31.3. The van der Waals surface area contributed by atoms with Crippen molar-refractivity contribution in [2.24, 2.45) is 0 Å². The lowest BCUT2D eigenvalue weighted by Crippen LogP contribution is -2.54. The van der Waals surface area contributed by atoms with Gasteiger partial charge in [0, 0.05) is 12.6 Å². The van der Waals surface area contributed by atoms with Crippen LogP contribution in [0.5, 0.6) is 5.75 Å². The third-order valence-electron chi connectivity index (χ3n) is 6.76. The largest absolute Gasteiger partial charge is 0.497 e. The third kappa shape index (κ3) is 8.39. The standard InChI is InChI=1S/C27H34Cl3N3O5S/c1-4-24(27(35)31-19-10-6-5-7-11-19)32(16-18-9-8-12-20(13-18)38-2)26(34)17-33(39(3,36)37)25-15-22(29)21(28)14-23(25)30/h8-9,12-15,19,24H,4-7,10-11,16-17H2,1-3H3,(H,31,35)/t24-/m1/s1. The van der Waals surface area contributed by atoms with E-state index in [1.165, 1.54) is 17.0 Å². The van der Waals surface area contributed by atoms with Crippen LogP contribution in [-0.4, -0.2) is 57.1 Å². The number of halogens is 3. The molecule has 2 aromatic rings. The molecule has 1 atom stereocenters. The summed E-state index contributed by atoms with van der Waals surface area (Å²) in [5, 5.41) is 3.36. The molecule has 8 nitrogen and oxygen atoms in total. The van der Waals surface area contributed by atoms with Gasteiger partial charge in [0.1, 0.15) is 18.3 Å². The number of hydrogen-bond donors (Lipinski definition) is 1. The Bertz CT molecular complexity index is 1290. The van der Waals surface area contributed by atoms with Crippen LogP contribution in [0.25, 0.3) is 0 Å². The van der Waals surface area contributed by atoms with Crippen LogP contribution in [0.4, 0.5) is 5.69 Å². The average Bonchev–Trinajstić information content (AvgIpc) is 2.89. The van der Waals surface area contributed by atoms with E-state index >= 15 is 0 Å². The highest BCUT2D eigenvalue weighted by Crippen LogP contribution is 2.35. The van der Waals surface area contributed by atoms with Crippen LogP contribution in [0.1, 0.15) is 51.0 Å². The summed E-state index contributed by atoms with van der Waals surface area (Å²) in [6.07, 6.45) is 6.32. The Morgan fingerprint density at radius 1 is 1.05 bits per heavy atom. The first-order chi connectivity index (χ1) is 18.4. The van der Waals surface area contributed by atoms with Crippen LogP contribution < -0.4 is 14.4 Å². The Kier molecular flexibility index (Phi) is 11.2. The van der Waals surface area contributed by atoms with Gasteiger partial charge < -0.3 is 15.0 Å². The number of methoxy groups -OCH3 is 1. The number of benzene rings is 2. The van der Waals surface area contributed by atoms with E-state index in [1.54, 1.807) is 25.3 Å². The summed E-state index contributed by atoms with van der Waals surface area (Å²) < 4.78 is 31.9. The molecule has 2 amide bonds. The minimum Gasteiger partial charge on any atom is -0.497 e. The van der Waals surface area contributed by atoms with Crippen molar-refractivity contribution < 1.29 is 22.7 Å². The SMILES string of the molecule is CC[C@H](C(=O)NC1CCCCC1)N(Cc1cccc(OC)c1)C(=O)CN(c1cc(Cl)c(Cl)cc1Cl)S(C)(=O)=O. The summed E-state index contributed by atoms with van der Waals surface area (Å²) in [6.45, 7) is 1.30. The van der Waals surface area contributed by atoms with E-state index in [2.05, 4.69) is 5.32 Å². The maximum Gasteiger partial charge on any atom is 0.244 e. The highest BCUT2D eigenvalue weighted by molar-refractivity contribution is 7.92. The van der Waals surface area contributed by atoms with Crippen molar-refractivity contribution in [2.75, 3.05) is 24.2 Å². The molecule has 0 aliphatic heterocycles. The average molecular weight is 619 g/mol. The third-order valence-corrected chi connectivity index (χ3v) is 8.91. The van der Waals surface area contributed by atoms with Crippen LogP contribution in [0.15, 0.2) is 36.4 Å². The number of amides is 2. The van der Waals surface area contributed by atoms with Gasteiger partial charge in [-0.3, -0.25) is 13.9 Å². The van der Waals surface area contributed by atoms with E-state index in [0.29, 0.717) is 12.2 Å². The number of rotatable bonds is 11. The van der Waals surface area contributed by atoms with Crippen molar-refractivity contribution in [1.29, 1.82) is 0 Å². The van der Waals surface area contributed by atoms with Gasteiger partial charge in [0.25, 0.3) is 0 Å². The predicted molar refractivity (Wildman–Crippen MR) is 156 cm³/mol. The second-order valence-corrected chi connectivity index (χ2v) is 12.8. The van der Waals surface area contributed by atoms with Gasteiger partial charge in [-0.2, -0.15) is 0 Å². The number of carbonyl (C=O) groups excluding carboxylic acids is 2. The normalized spacial score (nSPS) is 14.9. The Labute approximate surface area is 245 Å². The summed E-state index contributed by atoms with van der Waals surface area (Å²) >= 11 is 18.5. The number of hydrogen-bond acceptors (Lipinski definition) is 5. The summed E-state index contributed by atoms with van der Waals surface area (Å²) in [7, 11) is -2.44. The minimum absolute atomic E-state index is 0.0166. The van der Waals surface area contributed by atoms with Crippen LogP contribution in [0, 0.1) is 0 Å². The van der Waals surface area contributed by atoms with Crippen LogP contribution in [0.2, 0.25) is 15.1 Å². The fraction of sp³-hybridized carbons (Fsp3) is 0.481. The Morgan fingerprint density at radius 3 is 2.33 bits per heavy atom. The highest BCUT2D eigenvalue weighted by atomic mass is 35.5. The monoisotopic (exact) mass is 617 g/mol. The number of carbonyl (C=O) groups is 2. The van der Waals surface area contributed by atoms with Crippen molar-refractivity contribution in [2.45, 2.75) is 64.1 Å². The first-order valence-corrected chi connectivity index (χ1v) is 15.8. The lowest BCUT2D eigenvalue weighted by molar-refractivity contribution is -0.140. The predicted octanol–water partition coefficient (Wildman–Crippen LogP) is 5.68. The fourth-order valence-corrected chi connectivity index (χ4v) is 6.28. The second kappa shape index (κ2) is 13.9. The van der Waals surface area contributed by atoms with E-state index in [9.17, 15) is 18.0 Å². The molecule has 2 aromatic carbocycles. The molecule has 0 unspecified atom stereocenters. The molecule has 214 valence electrons. The van der Waals surface area contributed by atoms with Gasteiger partial charge in [-0.05, 0) is 49.1 Å². The Morgan fingerprint density at radius 2 is 1.72 bits per heavy atom. The summed E-state index contributed by atoms with van der Waals surface area (Å²) in [5.74, 6) is -0.241. The fourth-order valence-electron chi connectivity index (χ4n) is 4.73. The molecule has 12 heteroatoms. The molecule has 1 N–H and O–H groups in total. The summed E-state index contributed by atoms with van der Waals surface area (Å²) in [6, 6.07) is 9.02. The van der Waals surface area contributed by atoms with E-state index in [0.717, 1.165) is 48.2 Å². The van der Waals surface area contributed by atoms with Crippen molar-refractivity contribution in [3.05, 3.63) is 57.0 Å². The zero-order valence-corrected chi connectivity index (χ0v) is 25.3. The molecule has 1 aliphatic carbocycles. The zero-order valence-electron chi connectivity index (χ0n) is 22.3. The Hall–Kier alpha value is -2.20. The van der Waals surface area contributed by atoms with Crippen molar-refractivity contribution in [3.63, 3.8) is 0 Å². The van der Waals surface area contributed by atoms with Gasteiger partial charge in [0.05, 0.1) is 34.1 Å². The lowest BCUT2D eigenvalue weighted by Gasteiger charge is -2.34. The maximum absolute atomic E-state index is 13.9. The van der Waals surface area contributed by atoms with Gasteiger partial charge in [-0.25, -0.2) is 8.42 Å². The second-order valence-electron chi connectivity index (χ2n) is 9.63. The molecular formula is C27H34Cl3N3O5S. The van der Waals surface area contributed by atoms with Crippen LogP contribution >= 0.6 is 34.8 Å². The number of sulfonamides is 1. The lowest BCUT2D eigenvalue weighted by atomic mass is 9.95. The molecule has 1 fully saturated rings. The van der Waals surface area contributed by atoms with E-state index in [-0.39, 0.29) is 39.2 Å². The molecule has 1 saturated carbocycles. The van der Waals surface area contributed by atoms with Crippen LogP contribution in [0.3, 0.4) is 0 Å². The Balaban J connectivity index is 1.97.